The Morgan fingerprint density at radius 2 is 1.89 bits per heavy atom. The van der Waals surface area contributed by atoms with E-state index in [-0.39, 0.29) is 24.8 Å². The first kappa shape index (κ1) is 17.5. The van der Waals surface area contributed by atoms with Crippen molar-refractivity contribution in [2.75, 3.05) is 33.3 Å². The zero-order valence-corrected chi connectivity index (χ0v) is 12.6. The summed E-state index contributed by atoms with van der Waals surface area (Å²) in [4.78, 5) is 2.47. The van der Waals surface area contributed by atoms with Crippen molar-refractivity contribution in [3.63, 3.8) is 0 Å². The van der Waals surface area contributed by atoms with Crippen molar-refractivity contribution in [2.24, 2.45) is 0 Å². The second kappa shape index (κ2) is 8.59. The van der Waals surface area contributed by atoms with Gasteiger partial charge in [-0.1, -0.05) is 17.7 Å². The highest BCUT2D eigenvalue weighted by Gasteiger charge is 2.12. The van der Waals surface area contributed by atoms with Gasteiger partial charge in [-0.2, -0.15) is 0 Å². The number of methoxy groups -OCH3 is 1. The van der Waals surface area contributed by atoms with E-state index in [1.165, 1.54) is 11.1 Å². The largest absolute Gasteiger partial charge is 0.496 e. The molecule has 0 spiro atoms. The topological polar surface area (TPSA) is 24.5 Å². The van der Waals surface area contributed by atoms with E-state index in [1.807, 2.05) is 0 Å². The molecule has 0 unspecified atom stereocenters. The number of piperazine rings is 1. The van der Waals surface area contributed by atoms with E-state index in [9.17, 15) is 0 Å². The van der Waals surface area contributed by atoms with Gasteiger partial charge in [-0.05, 0) is 13.0 Å². The summed E-state index contributed by atoms with van der Waals surface area (Å²) in [5, 5.41) is 3.37. The molecule has 104 valence electrons. The third-order valence-electron chi connectivity index (χ3n) is 3.04. The van der Waals surface area contributed by atoms with Crippen LogP contribution >= 0.6 is 24.8 Å². The molecule has 1 saturated heterocycles. The lowest BCUT2D eigenvalue weighted by Crippen LogP contribution is -2.42. The fourth-order valence-electron chi connectivity index (χ4n) is 2.14. The molecule has 1 aromatic carbocycles. The summed E-state index contributed by atoms with van der Waals surface area (Å²) < 4.78 is 5.40. The molecule has 1 aromatic rings. The summed E-state index contributed by atoms with van der Waals surface area (Å²) in [6, 6.07) is 6.38. The van der Waals surface area contributed by atoms with E-state index in [0.717, 1.165) is 38.5 Å². The van der Waals surface area contributed by atoms with Crippen LogP contribution in [0.2, 0.25) is 0 Å². The summed E-state index contributed by atoms with van der Waals surface area (Å²) in [5.41, 5.74) is 2.59. The molecule has 18 heavy (non-hydrogen) atoms. The van der Waals surface area contributed by atoms with Gasteiger partial charge in [0.15, 0.2) is 0 Å². The Kier molecular flexibility index (Phi) is 8.36. The van der Waals surface area contributed by atoms with Crippen LogP contribution in [0.1, 0.15) is 11.1 Å². The van der Waals surface area contributed by atoms with Crippen LogP contribution in [-0.2, 0) is 6.54 Å². The minimum atomic E-state index is 0. The molecule has 1 N–H and O–H groups in total. The van der Waals surface area contributed by atoms with Gasteiger partial charge in [0, 0.05) is 38.3 Å². The molecule has 0 aromatic heterocycles. The van der Waals surface area contributed by atoms with E-state index < -0.39 is 0 Å². The minimum Gasteiger partial charge on any atom is -0.496 e. The van der Waals surface area contributed by atoms with E-state index in [1.54, 1.807) is 7.11 Å². The number of nitrogens with one attached hydrogen (secondary N) is 1. The first-order valence-electron chi connectivity index (χ1n) is 5.86. The van der Waals surface area contributed by atoms with Gasteiger partial charge >= 0.3 is 0 Å². The van der Waals surface area contributed by atoms with Gasteiger partial charge in [0.25, 0.3) is 0 Å². The zero-order chi connectivity index (χ0) is 11.4. The highest BCUT2D eigenvalue weighted by atomic mass is 35.5. The average molecular weight is 293 g/mol. The van der Waals surface area contributed by atoms with Gasteiger partial charge < -0.3 is 10.1 Å². The SMILES string of the molecule is COc1ccc(C)cc1CN1CCNCC1.Cl.Cl. The maximum Gasteiger partial charge on any atom is 0.123 e. The van der Waals surface area contributed by atoms with Crippen molar-refractivity contribution < 1.29 is 4.74 Å². The Balaban J connectivity index is 0.00000144. The molecule has 0 bridgehead atoms. The average Bonchev–Trinajstić information content (AvgIpc) is 2.31. The summed E-state index contributed by atoms with van der Waals surface area (Å²) in [6.45, 7) is 7.55. The van der Waals surface area contributed by atoms with Crippen molar-refractivity contribution in [3.8, 4) is 5.75 Å². The number of hydrogen-bond acceptors (Lipinski definition) is 3. The van der Waals surface area contributed by atoms with Crippen molar-refractivity contribution in [1.29, 1.82) is 0 Å². The van der Waals surface area contributed by atoms with E-state index in [4.69, 9.17) is 4.74 Å². The number of aryl methyl sites for hydroxylation is 1. The highest BCUT2D eigenvalue weighted by Crippen LogP contribution is 2.21. The molecule has 0 aliphatic carbocycles. The van der Waals surface area contributed by atoms with E-state index in [0.29, 0.717) is 0 Å². The first-order chi connectivity index (χ1) is 7.79. The Morgan fingerprint density at radius 3 is 2.50 bits per heavy atom. The molecule has 1 heterocycles. The summed E-state index contributed by atoms with van der Waals surface area (Å²) in [6.07, 6.45) is 0. The van der Waals surface area contributed by atoms with Gasteiger partial charge in [0.05, 0.1) is 7.11 Å². The van der Waals surface area contributed by atoms with Crippen molar-refractivity contribution in [3.05, 3.63) is 29.3 Å². The van der Waals surface area contributed by atoms with Crippen LogP contribution < -0.4 is 10.1 Å². The predicted molar refractivity (Wildman–Crippen MR) is 80.4 cm³/mol. The van der Waals surface area contributed by atoms with Crippen molar-refractivity contribution in [2.45, 2.75) is 13.5 Å². The normalized spacial score (nSPS) is 15.4. The molecule has 1 fully saturated rings. The van der Waals surface area contributed by atoms with Crippen molar-refractivity contribution >= 4 is 24.8 Å². The Labute approximate surface area is 122 Å². The zero-order valence-electron chi connectivity index (χ0n) is 10.9. The van der Waals surface area contributed by atoms with Crippen molar-refractivity contribution in [1.82, 2.24) is 10.2 Å². The molecular formula is C13H22Cl2N2O. The van der Waals surface area contributed by atoms with Crippen LogP contribution in [0.3, 0.4) is 0 Å². The molecule has 3 nitrogen and oxygen atoms in total. The molecule has 0 atom stereocenters. The quantitative estimate of drug-likeness (QED) is 0.925. The summed E-state index contributed by atoms with van der Waals surface area (Å²) in [5.74, 6) is 1.00. The number of benzene rings is 1. The molecule has 1 aliphatic rings. The lowest BCUT2D eigenvalue weighted by atomic mass is 10.1. The fourth-order valence-corrected chi connectivity index (χ4v) is 2.14. The lowest BCUT2D eigenvalue weighted by molar-refractivity contribution is 0.230. The molecule has 0 saturated carbocycles. The van der Waals surface area contributed by atoms with Crippen LogP contribution in [0.5, 0.6) is 5.75 Å². The van der Waals surface area contributed by atoms with E-state index in [2.05, 4.69) is 35.3 Å². The second-order valence-corrected chi connectivity index (χ2v) is 4.34. The number of hydrogen-bond donors (Lipinski definition) is 1. The molecular weight excluding hydrogens is 271 g/mol. The number of nitrogens with zero attached hydrogens (tertiary/aromatic N) is 1. The predicted octanol–water partition coefficient (Wildman–Crippen LogP) is 2.25. The third-order valence-corrected chi connectivity index (χ3v) is 3.04. The molecule has 0 radical (unpaired) electrons. The van der Waals surface area contributed by atoms with Crippen LogP contribution in [0, 0.1) is 6.92 Å². The Hall–Kier alpha value is -0.480. The number of rotatable bonds is 3. The maximum absolute atomic E-state index is 5.40. The Morgan fingerprint density at radius 1 is 1.22 bits per heavy atom. The van der Waals surface area contributed by atoms with E-state index >= 15 is 0 Å². The maximum atomic E-state index is 5.40. The fraction of sp³-hybridized carbons (Fsp3) is 0.538. The molecule has 1 aliphatic heterocycles. The van der Waals surface area contributed by atoms with Gasteiger partial charge in [0.2, 0.25) is 0 Å². The first-order valence-corrected chi connectivity index (χ1v) is 5.86. The van der Waals surface area contributed by atoms with Gasteiger partial charge in [-0.3, -0.25) is 4.90 Å². The molecule has 0 amide bonds. The van der Waals surface area contributed by atoms with Crippen LogP contribution in [0.25, 0.3) is 0 Å². The number of halogens is 2. The second-order valence-electron chi connectivity index (χ2n) is 4.34. The Bertz CT molecular complexity index is 355. The number of ether oxygens (including phenoxy) is 1. The smallest absolute Gasteiger partial charge is 0.123 e. The standard InChI is InChI=1S/C13H20N2O.2ClH/c1-11-3-4-13(16-2)12(9-11)10-15-7-5-14-6-8-15;;/h3-4,9,14H,5-8,10H2,1-2H3;2*1H. The van der Waals surface area contributed by atoms with Gasteiger partial charge in [-0.15, -0.1) is 24.8 Å². The highest BCUT2D eigenvalue weighted by molar-refractivity contribution is 5.85. The third kappa shape index (κ3) is 4.65. The lowest BCUT2D eigenvalue weighted by Gasteiger charge is -2.27. The monoisotopic (exact) mass is 292 g/mol. The van der Waals surface area contributed by atoms with Crippen LogP contribution in [-0.4, -0.2) is 38.2 Å². The summed E-state index contributed by atoms with van der Waals surface area (Å²) >= 11 is 0. The van der Waals surface area contributed by atoms with Crippen LogP contribution in [0.15, 0.2) is 18.2 Å². The summed E-state index contributed by atoms with van der Waals surface area (Å²) in [7, 11) is 1.74. The molecule has 2 rings (SSSR count). The van der Waals surface area contributed by atoms with Crippen LogP contribution in [0.4, 0.5) is 0 Å². The van der Waals surface area contributed by atoms with Gasteiger partial charge in [-0.25, -0.2) is 0 Å². The minimum absolute atomic E-state index is 0. The molecule has 5 heteroatoms. The van der Waals surface area contributed by atoms with Gasteiger partial charge in [0.1, 0.15) is 5.75 Å².